The Balaban J connectivity index is 2.21. The van der Waals surface area contributed by atoms with E-state index in [-0.39, 0.29) is 34.9 Å². The SMILES string of the molecule is CO/C(C)=C(\C(=O)CCc1ccc(O)cc1)C(=O)C1=C(C)OC(C)(C)CC1. The molecule has 1 aromatic carbocycles. The molecule has 1 N–H and O–H groups in total. The van der Waals surface area contributed by atoms with Crippen molar-refractivity contribution in [3.8, 4) is 5.75 Å². The third-order valence-electron chi connectivity index (χ3n) is 4.85. The number of phenols is 1. The van der Waals surface area contributed by atoms with E-state index in [4.69, 9.17) is 9.47 Å². The van der Waals surface area contributed by atoms with Crippen molar-refractivity contribution in [3.05, 3.63) is 52.5 Å². The van der Waals surface area contributed by atoms with Crippen LogP contribution in [0, 0.1) is 0 Å². The Morgan fingerprint density at radius 1 is 1.22 bits per heavy atom. The maximum Gasteiger partial charge on any atom is 0.199 e. The Hall–Kier alpha value is -2.56. The van der Waals surface area contributed by atoms with Gasteiger partial charge in [-0.05, 0) is 64.7 Å². The summed E-state index contributed by atoms with van der Waals surface area (Å²) in [5.74, 6) is 0.513. The van der Waals surface area contributed by atoms with Crippen LogP contribution in [0.1, 0.15) is 52.5 Å². The van der Waals surface area contributed by atoms with Gasteiger partial charge in [-0.15, -0.1) is 0 Å². The number of ether oxygens (including phenoxy) is 2. The van der Waals surface area contributed by atoms with Gasteiger partial charge >= 0.3 is 0 Å². The van der Waals surface area contributed by atoms with Crippen LogP contribution in [0.15, 0.2) is 46.9 Å². The Morgan fingerprint density at radius 2 is 1.85 bits per heavy atom. The molecule has 1 aromatic rings. The van der Waals surface area contributed by atoms with Crippen LogP contribution in [-0.2, 0) is 25.5 Å². The smallest absolute Gasteiger partial charge is 0.199 e. The van der Waals surface area contributed by atoms with E-state index >= 15 is 0 Å². The van der Waals surface area contributed by atoms with E-state index in [1.807, 2.05) is 13.8 Å². The fraction of sp³-hybridized carbons (Fsp3) is 0.455. The van der Waals surface area contributed by atoms with Crippen molar-refractivity contribution >= 4 is 11.6 Å². The second-order valence-corrected chi connectivity index (χ2v) is 7.45. The molecule has 0 amide bonds. The predicted molar refractivity (Wildman–Crippen MR) is 103 cm³/mol. The first kappa shape index (κ1) is 20.7. The largest absolute Gasteiger partial charge is 0.508 e. The molecular weight excluding hydrogens is 344 g/mol. The Kier molecular flexibility index (Phi) is 6.47. The number of aromatic hydroxyl groups is 1. The maximum absolute atomic E-state index is 13.1. The van der Waals surface area contributed by atoms with Gasteiger partial charge in [-0.2, -0.15) is 0 Å². The van der Waals surface area contributed by atoms with Crippen molar-refractivity contribution in [1.29, 1.82) is 0 Å². The lowest BCUT2D eigenvalue weighted by Crippen LogP contribution is -2.30. The molecule has 0 radical (unpaired) electrons. The maximum atomic E-state index is 13.1. The molecule has 1 heterocycles. The highest BCUT2D eigenvalue weighted by atomic mass is 16.5. The minimum Gasteiger partial charge on any atom is -0.508 e. The van der Waals surface area contributed by atoms with E-state index in [1.54, 1.807) is 38.1 Å². The summed E-state index contributed by atoms with van der Waals surface area (Å²) in [6, 6.07) is 6.69. The van der Waals surface area contributed by atoms with Crippen molar-refractivity contribution in [3.63, 3.8) is 0 Å². The quantitative estimate of drug-likeness (QED) is 0.335. The Labute approximate surface area is 160 Å². The Bertz CT molecular complexity index is 781. The standard InChI is InChI=1S/C22H28O5/c1-14-18(12-13-22(3,4)27-14)21(25)20(15(2)26-5)19(24)11-8-16-6-9-17(23)10-7-16/h6-7,9-10,23H,8,11-13H2,1-5H3/b20-15+. The van der Waals surface area contributed by atoms with Gasteiger partial charge in [0.2, 0.25) is 0 Å². The molecular formula is C22H28O5. The fourth-order valence-corrected chi connectivity index (χ4v) is 3.18. The number of phenolic OH excluding ortho intramolecular Hbond substituents is 1. The van der Waals surface area contributed by atoms with Crippen molar-refractivity contribution in [2.24, 2.45) is 0 Å². The van der Waals surface area contributed by atoms with Gasteiger partial charge in [0, 0.05) is 12.0 Å². The molecule has 0 fully saturated rings. The zero-order valence-electron chi connectivity index (χ0n) is 16.7. The molecule has 0 bridgehead atoms. The van der Waals surface area contributed by atoms with Gasteiger partial charge < -0.3 is 14.6 Å². The third kappa shape index (κ3) is 5.22. The summed E-state index contributed by atoms with van der Waals surface area (Å²) in [5.41, 5.74) is 1.24. The molecule has 0 atom stereocenters. The number of ketones is 2. The van der Waals surface area contributed by atoms with Gasteiger partial charge in [0.15, 0.2) is 11.6 Å². The molecule has 146 valence electrons. The molecule has 0 saturated carbocycles. The highest BCUT2D eigenvalue weighted by Gasteiger charge is 2.33. The lowest BCUT2D eigenvalue weighted by atomic mass is 9.88. The van der Waals surface area contributed by atoms with Crippen molar-refractivity contribution in [2.75, 3.05) is 7.11 Å². The van der Waals surface area contributed by atoms with Gasteiger partial charge in [0.25, 0.3) is 0 Å². The predicted octanol–water partition coefficient (Wildman–Crippen LogP) is 4.25. The van der Waals surface area contributed by atoms with E-state index in [9.17, 15) is 14.7 Å². The molecule has 2 rings (SSSR count). The number of Topliss-reactive ketones (excluding diaryl/α,β-unsaturated/α-hetero) is 2. The van der Waals surface area contributed by atoms with E-state index in [1.165, 1.54) is 7.11 Å². The lowest BCUT2D eigenvalue weighted by molar-refractivity contribution is -0.120. The van der Waals surface area contributed by atoms with E-state index in [2.05, 4.69) is 0 Å². The molecule has 27 heavy (non-hydrogen) atoms. The van der Waals surface area contributed by atoms with Crippen LogP contribution in [0.3, 0.4) is 0 Å². The molecule has 0 unspecified atom stereocenters. The van der Waals surface area contributed by atoms with Crippen LogP contribution in [-0.4, -0.2) is 29.4 Å². The number of carbonyl (C=O) groups excluding carboxylic acids is 2. The normalized spacial score (nSPS) is 17.1. The molecule has 5 nitrogen and oxygen atoms in total. The van der Waals surface area contributed by atoms with Crippen molar-refractivity contribution < 1.29 is 24.2 Å². The summed E-state index contributed by atoms with van der Waals surface area (Å²) in [6.45, 7) is 7.37. The second kappa shape index (κ2) is 8.42. The number of carbonyl (C=O) groups is 2. The van der Waals surface area contributed by atoms with E-state index < -0.39 is 0 Å². The van der Waals surface area contributed by atoms with Crippen LogP contribution in [0.4, 0.5) is 0 Å². The number of rotatable bonds is 7. The monoisotopic (exact) mass is 372 g/mol. The number of aryl methyl sites for hydroxylation is 1. The average Bonchev–Trinajstić information content (AvgIpc) is 2.60. The zero-order chi connectivity index (χ0) is 20.2. The summed E-state index contributed by atoms with van der Waals surface area (Å²) in [5, 5.41) is 9.35. The third-order valence-corrected chi connectivity index (χ3v) is 4.85. The lowest BCUT2D eigenvalue weighted by Gasteiger charge is -2.33. The highest BCUT2D eigenvalue weighted by Crippen LogP contribution is 2.33. The van der Waals surface area contributed by atoms with E-state index in [0.29, 0.717) is 36.4 Å². The fourth-order valence-electron chi connectivity index (χ4n) is 3.18. The molecule has 0 saturated heterocycles. The summed E-state index contributed by atoms with van der Waals surface area (Å²) in [7, 11) is 1.46. The topological polar surface area (TPSA) is 72.8 Å². The summed E-state index contributed by atoms with van der Waals surface area (Å²) >= 11 is 0. The number of hydrogen-bond donors (Lipinski definition) is 1. The highest BCUT2D eigenvalue weighted by molar-refractivity contribution is 6.26. The van der Waals surface area contributed by atoms with Crippen LogP contribution >= 0.6 is 0 Å². The number of hydrogen-bond acceptors (Lipinski definition) is 5. The first-order valence-corrected chi connectivity index (χ1v) is 9.14. The minimum absolute atomic E-state index is 0.0916. The Morgan fingerprint density at radius 3 is 2.41 bits per heavy atom. The molecule has 5 heteroatoms. The number of allylic oxidation sites excluding steroid dienone is 4. The molecule has 1 aliphatic rings. The second-order valence-electron chi connectivity index (χ2n) is 7.45. The molecule has 0 aliphatic carbocycles. The molecule has 0 spiro atoms. The van der Waals surface area contributed by atoms with Crippen LogP contribution in [0.5, 0.6) is 5.75 Å². The van der Waals surface area contributed by atoms with Gasteiger partial charge in [-0.1, -0.05) is 12.1 Å². The zero-order valence-corrected chi connectivity index (χ0v) is 16.7. The van der Waals surface area contributed by atoms with Gasteiger partial charge in [0.05, 0.1) is 7.11 Å². The summed E-state index contributed by atoms with van der Waals surface area (Å²) in [6.07, 6.45) is 1.95. The van der Waals surface area contributed by atoms with Gasteiger partial charge in [-0.3, -0.25) is 9.59 Å². The summed E-state index contributed by atoms with van der Waals surface area (Å²) in [4.78, 5) is 25.9. The summed E-state index contributed by atoms with van der Waals surface area (Å²) < 4.78 is 11.1. The van der Waals surface area contributed by atoms with Crippen LogP contribution < -0.4 is 0 Å². The average molecular weight is 372 g/mol. The molecule has 1 aliphatic heterocycles. The van der Waals surface area contributed by atoms with Gasteiger partial charge in [0.1, 0.15) is 28.4 Å². The first-order valence-electron chi connectivity index (χ1n) is 9.14. The minimum atomic E-state index is -0.309. The van der Waals surface area contributed by atoms with Crippen molar-refractivity contribution in [1.82, 2.24) is 0 Å². The number of methoxy groups -OCH3 is 1. The molecule has 0 aromatic heterocycles. The number of benzene rings is 1. The van der Waals surface area contributed by atoms with Crippen molar-refractivity contribution in [2.45, 2.75) is 59.0 Å². The van der Waals surface area contributed by atoms with Gasteiger partial charge in [-0.25, -0.2) is 0 Å². The van der Waals surface area contributed by atoms with Crippen LogP contribution in [0.2, 0.25) is 0 Å². The van der Waals surface area contributed by atoms with E-state index in [0.717, 1.165) is 5.56 Å². The van der Waals surface area contributed by atoms with Crippen LogP contribution in [0.25, 0.3) is 0 Å². The first-order chi connectivity index (χ1) is 12.6.